The third-order valence-corrected chi connectivity index (χ3v) is 4.59. The molecule has 0 spiro atoms. The zero-order chi connectivity index (χ0) is 15.4. The van der Waals surface area contributed by atoms with E-state index in [-0.39, 0.29) is 5.78 Å². The summed E-state index contributed by atoms with van der Waals surface area (Å²) in [6, 6.07) is 10.6. The van der Waals surface area contributed by atoms with Crippen molar-refractivity contribution in [3.05, 3.63) is 44.6 Å². The Labute approximate surface area is 135 Å². The molecule has 6 heteroatoms. The molecule has 1 heterocycles. The lowest BCUT2D eigenvalue weighted by Crippen LogP contribution is -2.10. The lowest BCUT2D eigenvalue weighted by atomic mass is 9.95. The number of benzene rings is 1. The van der Waals surface area contributed by atoms with Crippen LogP contribution in [0.25, 0.3) is 0 Å². The monoisotopic (exact) mass is 365 g/mol. The Kier molecular flexibility index (Phi) is 4.99. The number of ether oxygens (including phenoxy) is 2. The van der Waals surface area contributed by atoms with E-state index >= 15 is 0 Å². The molecule has 0 bridgehead atoms. The summed E-state index contributed by atoms with van der Waals surface area (Å²) in [7, 11) is 3.05. The van der Waals surface area contributed by atoms with Crippen molar-refractivity contribution in [2.45, 2.75) is 5.92 Å². The molecule has 0 saturated carbocycles. The van der Waals surface area contributed by atoms with Gasteiger partial charge in [-0.2, -0.15) is 5.26 Å². The van der Waals surface area contributed by atoms with E-state index in [1.54, 1.807) is 30.3 Å². The van der Waals surface area contributed by atoms with Crippen LogP contribution in [0.4, 0.5) is 0 Å². The number of Topliss-reactive ketones (excluding diaryl/α,β-unsaturated/α-hetero) is 1. The summed E-state index contributed by atoms with van der Waals surface area (Å²) >= 11 is 4.63. The maximum atomic E-state index is 12.4. The van der Waals surface area contributed by atoms with Crippen molar-refractivity contribution in [1.29, 1.82) is 5.26 Å². The van der Waals surface area contributed by atoms with Crippen molar-refractivity contribution in [1.82, 2.24) is 0 Å². The molecule has 0 aliphatic carbocycles. The quantitative estimate of drug-likeness (QED) is 0.750. The van der Waals surface area contributed by atoms with E-state index in [0.717, 1.165) is 3.79 Å². The molecular weight excluding hydrogens is 354 g/mol. The molecule has 2 aromatic rings. The van der Waals surface area contributed by atoms with E-state index in [4.69, 9.17) is 9.47 Å². The maximum absolute atomic E-state index is 12.4. The van der Waals surface area contributed by atoms with Gasteiger partial charge in [0.1, 0.15) is 5.92 Å². The number of halogens is 1. The van der Waals surface area contributed by atoms with Gasteiger partial charge >= 0.3 is 0 Å². The van der Waals surface area contributed by atoms with Crippen LogP contribution in [-0.4, -0.2) is 20.0 Å². The number of thiophene rings is 1. The smallest absolute Gasteiger partial charge is 0.194 e. The molecule has 0 amide bonds. The predicted octanol–water partition coefficient (Wildman–Crippen LogP) is 4.02. The van der Waals surface area contributed by atoms with E-state index in [0.29, 0.717) is 21.9 Å². The van der Waals surface area contributed by atoms with Gasteiger partial charge in [0.15, 0.2) is 17.3 Å². The molecule has 1 aromatic carbocycles. The largest absolute Gasteiger partial charge is 0.493 e. The first-order chi connectivity index (χ1) is 10.1. The zero-order valence-corrected chi connectivity index (χ0v) is 13.8. The SMILES string of the molecule is COc1ccc(C(C#N)C(=O)c2ccc(Br)s2)cc1OC. The standard InChI is InChI=1S/C15H12BrNO3S/c1-19-11-4-3-9(7-12(11)20-2)10(8-17)15(18)13-5-6-14(16)21-13/h3-7,10H,1-2H3. The van der Waals surface area contributed by atoms with Gasteiger partial charge in [-0.05, 0) is 45.8 Å². The fourth-order valence-electron chi connectivity index (χ4n) is 1.91. The number of hydrogen-bond donors (Lipinski definition) is 0. The molecule has 1 aromatic heterocycles. The van der Waals surface area contributed by atoms with Crippen molar-refractivity contribution in [3.63, 3.8) is 0 Å². The number of methoxy groups -OCH3 is 2. The normalized spacial score (nSPS) is 11.5. The highest BCUT2D eigenvalue weighted by atomic mass is 79.9. The van der Waals surface area contributed by atoms with Gasteiger partial charge in [-0.1, -0.05) is 6.07 Å². The topological polar surface area (TPSA) is 59.3 Å². The van der Waals surface area contributed by atoms with E-state index < -0.39 is 5.92 Å². The van der Waals surface area contributed by atoms with E-state index in [2.05, 4.69) is 22.0 Å². The minimum atomic E-state index is -0.865. The average Bonchev–Trinajstić information content (AvgIpc) is 2.94. The number of carbonyl (C=O) groups excluding carboxylic acids is 1. The van der Waals surface area contributed by atoms with Gasteiger partial charge in [-0.15, -0.1) is 11.3 Å². The number of rotatable bonds is 5. The Hall–Kier alpha value is -1.84. The van der Waals surface area contributed by atoms with Crippen LogP contribution in [0.1, 0.15) is 21.2 Å². The van der Waals surface area contributed by atoms with Gasteiger partial charge < -0.3 is 9.47 Å². The predicted molar refractivity (Wildman–Crippen MR) is 84.2 cm³/mol. The van der Waals surface area contributed by atoms with E-state index in [1.807, 2.05) is 0 Å². The summed E-state index contributed by atoms with van der Waals surface area (Å²) in [4.78, 5) is 13.0. The Morgan fingerprint density at radius 1 is 1.24 bits per heavy atom. The Morgan fingerprint density at radius 3 is 2.48 bits per heavy atom. The molecule has 0 N–H and O–H groups in total. The molecule has 0 radical (unpaired) electrons. The average molecular weight is 366 g/mol. The molecule has 0 aliphatic rings. The van der Waals surface area contributed by atoms with E-state index in [1.165, 1.54) is 25.6 Å². The lowest BCUT2D eigenvalue weighted by Gasteiger charge is -2.12. The second-order valence-corrected chi connectivity index (χ2v) is 6.61. The molecule has 0 saturated heterocycles. The molecule has 1 atom stereocenters. The Bertz CT molecular complexity index is 705. The molecule has 4 nitrogen and oxygen atoms in total. The van der Waals surface area contributed by atoms with Crippen molar-refractivity contribution in [2.24, 2.45) is 0 Å². The first kappa shape index (κ1) is 15.5. The molecular formula is C15H12BrNO3S. The molecule has 0 aliphatic heterocycles. The third-order valence-electron chi connectivity index (χ3n) is 2.95. The Morgan fingerprint density at radius 2 is 1.95 bits per heavy atom. The fourth-order valence-corrected chi connectivity index (χ4v) is 3.26. The van der Waals surface area contributed by atoms with Crippen LogP contribution in [0.3, 0.4) is 0 Å². The van der Waals surface area contributed by atoms with Crippen LogP contribution in [0, 0.1) is 11.3 Å². The summed E-state index contributed by atoms with van der Waals surface area (Å²) in [5.74, 6) is -0.0320. The summed E-state index contributed by atoms with van der Waals surface area (Å²) in [5.41, 5.74) is 0.588. The van der Waals surface area contributed by atoms with Crippen LogP contribution in [-0.2, 0) is 0 Å². The minimum Gasteiger partial charge on any atom is -0.493 e. The van der Waals surface area contributed by atoms with Crippen LogP contribution >= 0.6 is 27.3 Å². The number of ketones is 1. The first-order valence-electron chi connectivity index (χ1n) is 6.01. The Balaban J connectivity index is 2.38. The highest BCUT2D eigenvalue weighted by Crippen LogP contribution is 2.33. The van der Waals surface area contributed by atoms with Gasteiger partial charge in [0.2, 0.25) is 0 Å². The van der Waals surface area contributed by atoms with Gasteiger partial charge in [0.25, 0.3) is 0 Å². The van der Waals surface area contributed by atoms with Gasteiger partial charge in [-0.3, -0.25) is 4.79 Å². The minimum absolute atomic E-state index is 0.222. The van der Waals surface area contributed by atoms with Crippen molar-refractivity contribution in [2.75, 3.05) is 14.2 Å². The molecule has 1 unspecified atom stereocenters. The van der Waals surface area contributed by atoms with Gasteiger partial charge in [0, 0.05) is 0 Å². The maximum Gasteiger partial charge on any atom is 0.194 e. The first-order valence-corrected chi connectivity index (χ1v) is 7.62. The zero-order valence-electron chi connectivity index (χ0n) is 11.4. The molecule has 0 fully saturated rings. The number of hydrogen-bond acceptors (Lipinski definition) is 5. The third kappa shape index (κ3) is 3.26. The van der Waals surface area contributed by atoms with Gasteiger partial charge in [-0.25, -0.2) is 0 Å². The van der Waals surface area contributed by atoms with Crippen molar-refractivity contribution < 1.29 is 14.3 Å². The second-order valence-electron chi connectivity index (χ2n) is 4.14. The van der Waals surface area contributed by atoms with Crippen LogP contribution in [0.5, 0.6) is 11.5 Å². The van der Waals surface area contributed by atoms with Crippen LogP contribution in [0.2, 0.25) is 0 Å². The molecule has 21 heavy (non-hydrogen) atoms. The summed E-state index contributed by atoms with van der Waals surface area (Å²) in [5, 5.41) is 9.36. The van der Waals surface area contributed by atoms with Crippen LogP contribution < -0.4 is 9.47 Å². The highest BCUT2D eigenvalue weighted by molar-refractivity contribution is 9.11. The molecule has 108 valence electrons. The second kappa shape index (κ2) is 6.74. The summed E-state index contributed by atoms with van der Waals surface area (Å²) in [6.45, 7) is 0. The van der Waals surface area contributed by atoms with Crippen LogP contribution in [0.15, 0.2) is 34.1 Å². The molecule has 2 rings (SSSR count). The lowest BCUT2D eigenvalue weighted by molar-refractivity contribution is 0.0982. The van der Waals surface area contributed by atoms with Gasteiger partial charge in [0.05, 0.1) is 29.0 Å². The number of nitriles is 1. The number of carbonyl (C=O) groups is 1. The fraction of sp³-hybridized carbons (Fsp3) is 0.200. The highest BCUT2D eigenvalue weighted by Gasteiger charge is 2.24. The summed E-state index contributed by atoms with van der Waals surface area (Å²) in [6.07, 6.45) is 0. The van der Waals surface area contributed by atoms with Crippen molar-refractivity contribution >= 4 is 33.0 Å². The summed E-state index contributed by atoms with van der Waals surface area (Å²) < 4.78 is 11.2. The van der Waals surface area contributed by atoms with Crippen molar-refractivity contribution in [3.8, 4) is 17.6 Å². The number of nitrogens with zero attached hydrogens (tertiary/aromatic N) is 1. The van der Waals surface area contributed by atoms with E-state index in [9.17, 15) is 10.1 Å².